The molecule has 0 N–H and O–H groups in total. The molecule has 3 nitrogen and oxygen atoms in total. The van der Waals surface area contributed by atoms with Crippen LogP contribution in [0, 0.1) is 5.92 Å². The van der Waals surface area contributed by atoms with E-state index in [-0.39, 0.29) is 17.5 Å². The van der Waals surface area contributed by atoms with Crippen molar-refractivity contribution in [3.8, 4) is 0 Å². The van der Waals surface area contributed by atoms with Crippen LogP contribution in [0.15, 0.2) is 0 Å². The van der Waals surface area contributed by atoms with Gasteiger partial charge in [-0.1, -0.05) is 39.5 Å². The molecule has 1 aliphatic carbocycles. The van der Waals surface area contributed by atoms with Gasteiger partial charge < -0.3 is 9.47 Å². The summed E-state index contributed by atoms with van der Waals surface area (Å²) in [5.41, 5.74) is -0.850. The summed E-state index contributed by atoms with van der Waals surface area (Å²) in [6.07, 6.45) is 6.90. The Balaban J connectivity index is 2.21. The van der Waals surface area contributed by atoms with Crippen LogP contribution in [-0.2, 0) is 14.3 Å². The van der Waals surface area contributed by atoms with Crippen molar-refractivity contribution < 1.29 is 14.3 Å². The molecule has 1 spiro atoms. The normalized spacial score (nSPS) is 32.5. The Morgan fingerprint density at radius 3 is 2.19 bits per heavy atom. The lowest BCUT2D eigenvalue weighted by Gasteiger charge is -2.20. The highest BCUT2D eigenvalue weighted by Crippen LogP contribution is 2.59. The monoisotopic (exact) mass is 226 g/mol. The molecule has 3 heteroatoms. The second-order valence-corrected chi connectivity index (χ2v) is 5.39. The highest BCUT2D eigenvalue weighted by atomic mass is 16.7. The minimum Gasteiger partial charge on any atom is -0.467 e. The quantitative estimate of drug-likeness (QED) is 0.537. The van der Waals surface area contributed by atoms with Gasteiger partial charge in [0.15, 0.2) is 5.60 Å². The van der Waals surface area contributed by atoms with Crippen LogP contribution in [0.25, 0.3) is 0 Å². The van der Waals surface area contributed by atoms with Crippen molar-refractivity contribution in [3.63, 3.8) is 0 Å². The topological polar surface area (TPSA) is 38.8 Å². The maximum Gasteiger partial charge on any atom is 0.341 e. The summed E-state index contributed by atoms with van der Waals surface area (Å²) in [4.78, 5) is 12.0. The summed E-state index contributed by atoms with van der Waals surface area (Å²) in [6.45, 7) is 4.10. The molecule has 1 saturated heterocycles. The number of epoxide rings is 1. The van der Waals surface area contributed by atoms with Crippen LogP contribution in [0.4, 0.5) is 0 Å². The molecular weight excluding hydrogens is 204 g/mol. The molecule has 1 unspecified atom stereocenters. The van der Waals surface area contributed by atoms with Gasteiger partial charge in [-0.2, -0.15) is 0 Å². The highest BCUT2D eigenvalue weighted by Gasteiger charge is 2.75. The molecule has 0 aromatic rings. The number of carbonyl (C=O) groups is 1. The second kappa shape index (κ2) is 4.02. The summed E-state index contributed by atoms with van der Waals surface area (Å²) >= 11 is 0. The molecule has 1 saturated carbocycles. The van der Waals surface area contributed by atoms with Gasteiger partial charge in [0.05, 0.1) is 7.11 Å². The van der Waals surface area contributed by atoms with Crippen LogP contribution in [0.3, 0.4) is 0 Å². The van der Waals surface area contributed by atoms with E-state index in [1.807, 2.05) is 0 Å². The van der Waals surface area contributed by atoms with E-state index >= 15 is 0 Å². The van der Waals surface area contributed by atoms with Gasteiger partial charge in [0, 0.05) is 0 Å². The third kappa shape index (κ3) is 1.48. The molecule has 0 aromatic heterocycles. The van der Waals surface area contributed by atoms with E-state index in [1.54, 1.807) is 0 Å². The summed E-state index contributed by atoms with van der Waals surface area (Å²) < 4.78 is 10.9. The smallest absolute Gasteiger partial charge is 0.341 e. The number of hydrogen-bond donors (Lipinski definition) is 0. The summed E-state index contributed by atoms with van der Waals surface area (Å²) in [5, 5.41) is 0. The number of carbonyl (C=O) groups excluding carboxylic acids is 1. The van der Waals surface area contributed by atoms with E-state index in [2.05, 4.69) is 13.8 Å². The van der Waals surface area contributed by atoms with Crippen molar-refractivity contribution in [1.29, 1.82) is 0 Å². The average molecular weight is 226 g/mol. The van der Waals surface area contributed by atoms with Gasteiger partial charge in [0.2, 0.25) is 0 Å². The van der Waals surface area contributed by atoms with Gasteiger partial charge in [-0.3, -0.25) is 0 Å². The maximum atomic E-state index is 12.0. The van der Waals surface area contributed by atoms with Gasteiger partial charge in [0.1, 0.15) is 5.60 Å². The minimum absolute atomic E-state index is 0.176. The maximum absolute atomic E-state index is 12.0. The fourth-order valence-corrected chi connectivity index (χ4v) is 3.31. The highest BCUT2D eigenvalue weighted by molar-refractivity contribution is 5.85. The van der Waals surface area contributed by atoms with Crippen LogP contribution in [0.5, 0.6) is 0 Å². The van der Waals surface area contributed by atoms with Crippen LogP contribution < -0.4 is 0 Å². The van der Waals surface area contributed by atoms with E-state index in [1.165, 1.54) is 32.8 Å². The first-order chi connectivity index (χ1) is 7.59. The summed E-state index contributed by atoms with van der Waals surface area (Å²) in [5.74, 6) is 0.0162. The third-order valence-electron chi connectivity index (χ3n) is 4.20. The van der Waals surface area contributed by atoms with Crippen LogP contribution in [0.1, 0.15) is 52.4 Å². The van der Waals surface area contributed by atoms with E-state index in [0.717, 1.165) is 12.8 Å². The number of hydrogen-bond acceptors (Lipinski definition) is 3. The zero-order valence-electron chi connectivity index (χ0n) is 10.5. The Bertz CT molecular complexity index is 277. The standard InChI is InChI=1S/C13H22O3/c1-10(2)13(11(14)15-3)12(16-13)8-6-4-5-7-9-12/h10H,4-9H2,1-3H3. The molecule has 1 aliphatic heterocycles. The van der Waals surface area contributed by atoms with Crippen molar-refractivity contribution in [2.45, 2.75) is 63.6 Å². The summed E-state index contributed by atoms with van der Waals surface area (Å²) in [7, 11) is 1.46. The molecule has 2 rings (SSSR count). The van der Waals surface area contributed by atoms with E-state index in [4.69, 9.17) is 9.47 Å². The van der Waals surface area contributed by atoms with Crippen molar-refractivity contribution in [2.24, 2.45) is 5.92 Å². The molecule has 0 radical (unpaired) electrons. The first kappa shape index (κ1) is 11.9. The molecule has 16 heavy (non-hydrogen) atoms. The van der Waals surface area contributed by atoms with Crippen molar-refractivity contribution in [1.82, 2.24) is 0 Å². The average Bonchev–Trinajstić information content (AvgIpc) is 2.98. The van der Waals surface area contributed by atoms with Gasteiger partial charge in [-0.25, -0.2) is 4.79 Å². The number of rotatable bonds is 2. The molecule has 0 amide bonds. The van der Waals surface area contributed by atoms with Crippen molar-refractivity contribution in [3.05, 3.63) is 0 Å². The van der Waals surface area contributed by atoms with Gasteiger partial charge >= 0.3 is 5.97 Å². The summed E-state index contributed by atoms with van der Waals surface area (Å²) in [6, 6.07) is 0. The first-order valence-electron chi connectivity index (χ1n) is 6.38. The minimum atomic E-state index is -0.647. The Hall–Kier alpha value is -0.570. The molecule has 0 bridgehead atoms. The van der Waals surface area contributed by atoms with Crippen molar-refractivity contribution in [2.75, 3.05) is 7.11 Å². The molecule has 92 valence electrons. The van der Waals surface area contributed by atoms with Gasteiger partial charge in [-0.15, -0.1) is 0 Å². The molecule has 2 fully saturated rings. The lowest BCUT2D eigenvalue weighted by Crippen LogP contribution is -2.39. The van der Waals surface area contributed by atoms with Crippen molar-refractivity contribution >= 4 is 5.97 Å². The number of esters is 1. The van der Waals surface area contributed by atoms with Gasteiger partial charge in [0.25, 0.3) is 0 Å². The van der Waals surface area contributed by atoms with Crippen LogP contribution in [0.2, 0.25) is 0 Å². The Morgan fingerprint density at radius 2 is 1.75 bits per heavy atom. The van der Waals surface area contributed by atoms with Crippen LogP contribution in [-0.4, -0.2) is 24.3 Å². The number of ether oxygens (including phenoxy) is 2. The SMILES string of the molecule is COC(=O)C1(C(C)C)OC12CCCCCC2. The molecular formula is C13H22O3. The predicted molar refractivity (Wildman–Crippen MR) is 61.1 cm³/mol. The first-order valence-corrected chi connectivity index (χ1v) is 6.38. The fraction of sp³-hybridized carbons (Fsp3) is 0.923. The third-order valence-corrected chi connectivity index (χ3v) is 4.20. The zero-order chi connectivity index (χ0) is 11.8. The second-order valence-electron chi connectivity index (χ2n) is 5.39. The van der Waals surface area contributed by atoms with E-state index in [0.29, 0.717) is 0 Å². The molecule has 1 heterocycles. The predicted octanol–water partition coefficient (Wildman–Crippen LogP) is 2.68. The Morgan fingerprint density at radius 1 is 1.19 bits per heavy atom. The molecule has 1 atom stereocenters. The molecule has 2 aliphatic rings. The Labute approximate surface area is 97.5 Å². The largest absolute Gasteiger partial charge is 0.467 e. The van der Waals surface area contributed by atoms with E-state index in [9.17, 15) is 4.79 Å². The fourth-order valence-electron chi connectivity index (χ4n) is 3.31. The van der Waals surface area contributed by atoms with E-state index < -0.39 is 5.60 Å². The molecule has 0 aromatic carbocycles. The van der Waals surface area contributed by atoms with Crippen LogP contribution >= 0.6 is 0 Å². The lowest BCUT2D eigenvalue weighted by molar-refractivity contribution is -0.148. The number of methoxy groups -OCH3 is 1. The zero-order valence-corrected chi connectivity index (χ0v) is 10.5. The Kier molecular flexibility index (Phi) is 2.99. The van der Waals surface area contributed by atoms with Gasteiger partial charge in [-0.05, 0) is 18.8 Å². The lowest BCUT2D eigenvalue weighted by atomic mass is 9.79.